The molecule has 7 heteroatoms. The van der Waals surface area contributed by atoms with Gasteiger partial charge in [-0.1, -0.05) is 23.2 Å². The van der Waals surface area contributed by atoms with E-state index < -0.39 is 0 Å². The summed E-state index contributed by atoms with van der Waals surface area (Å²) in [6, 6.07) is 5.34. The number of carbonyl (C=O) groups excluding carboxylic acids is 1. The van der Waals surface area contributed by atoms with Crippen molar-refractivity contribution in [3.63, 3.8) is 0 Å². The maximum Gasteiger partial charge on any atom is 0.275 e. The molecule has 0 aliphatic heterocycles. The van der Waals surface area contributed by atoms with Crippen LogP contribution in [0.15, 0.2) is 30.6 Å². The first-order valence-electron chi connectivity index (χ1n) is 6.47. The number of halogens is 2. The Morgan fingerprint density at radius 1 is 1.19 bits per heavy atom. The van der Waals surface area contributed by atoms with Gasteiger partial charge in [-0.25, -0.2) is 9.97 Å². The van der Waals surface area contributed by atoms with Gasteiger partial charge in [-0.05, 0) is 31.0 Å². The van der Waals surface area contributed by atoms with E-state index in [9.17, 15) is 4.79 Å². The number of aromatic nitrogens is 2. The largest absolute Gasteiger partial charge is 0.366 e. The van der Waals surface area contributed by atoms with E-state index in [2.05, 4.69) is 20.6 Å². The highest BCUT2D eigenvalue weighted by Crippen LogP contribution is 2.26. The zero-order valence-corrected chi connectivity index (χ0v) is 12.4. The van der Waals surface area contributed by atoms with Crippen molar-refractivity contribution in [2.45, 2.75) is 18.9 Å². The van der Waals surface area contributed by atoms with Crippen LogP contribution in [0.4, 0.5) is 11.5 Å². The van der Waals surface area contributed by atoms with Crippen molar-refractivity contribution in [1.82, 2.24) is 9.97 Å². The fourth-order valence-electron chi connectivity index (χ4n) is 1.74. The molecule has 1 aliphatic rings. The minimum absolute atomic E-state index is 0.215. The van der Waals surface area contributed by atoms with Crippen LogP contribution < -0.4 is 10.6 Å². The molecule has 1 amide bonds. The molecule has 21 heavy (non-hydrogen) atoms. The molecule has 0 saturated heterocycles. The van der Waals surface area contributed by atoms with Crippen LogP contribution in [0.3, 0.4) is 0 Å². The predicted molar refractivity (Wildman–Crippen MR) is 83.1 cm³/mol. The number of benzene rings is 1. The third-order valence-corrected chi connectivity index (χ3v) is 3.56. The van der Waals surface area contributed by atoms with Crippen molar-refractivity contribution < 1.29 is 4.79 Å². The van der Waals surface area contributed by atoms with Gasteiger partial charge in [0.25, 0.3) is 5.91 Å². The van der Waals surface area contributed by atoms with E-state index in [-0.39, 0.29) is 11.6 Å². The number of anilines is 2. The molecule has 0 unspecified atom stereocenters. The van der Waals surface area contributed by atoms with E-state index in [0.717, 1.165) is 12.8 Å². The monoisotopic (exact) mass is 322 g/mol. The molecule has 0 atom stereocenters. The number of amides is 1. The SMILES string of the molecule is O=C(Nc1cc(Cl)ccc1Cl)c1cnc(NC2CC2)cn1. The highest BCUT2D eigenvalue weighted by Gasteiger charge is 2.21. The van der Waals surface area contributed by atoms with Crippen molar-refractivity contribution in [2.75, 3.05) is 10.6 Å². The van der Waals surface area contributed by atoms with Gasteiger partial charge < -0.3 is 10.6 Å². The van der Waals surface area contributed by atoms with Gasteiger partial charge in [-0.3, -0.25) is 4.79 Å². The van der Waals surface area contributed by atoms with E-state index >= 15 is 0 Å². The molecule has 1 fully saturated rings. The van der Waals surface area contributed by atoms with Gasteiger partial charge >= 0.3 is 0 Å². The lowest BCUT2D eigenvalue weighted by Gasteiger charge is -2.08. The molecule has 1 heterocycles. The van der Waals surface area contributed by atoms with Gasteiger partial charge in [0, 0.05) is 11.1 Å². The molecule has 2 aromatic rings. The lowest BCUT2D eigenvalue weighted by Crippen LogP contribution is -2.15. The Bertz CT molecular complexity index is 671. The smallest absolute Gasteiger partial charge is 0.275 e. The minimum Gasteiger partial charge on any atom is -0.366 e. The number of carbonyl (C=O) groups is 1. The molecule has 3 rings (SSSR count). The first kappa shape index (κ1) is 14.1. The van der Waals surface area contributed by atoms with E-state index in [1.54, 1.807) is 24.4 Å². The van der Waals surface area contributed by atoms with Crippen LogP contribution in [0.1, 0.15) is 23.3 Å². The molecular weight excluding hydrogens is 311 g/mol. The second-order valence-corrected chi connectivity index (χ2v) is 5.63. The predicted octanol–water partition coefficient (Wildman–Crippen LogP) is 3.61. The second-order valence-electron chi connectivity index (χ2n) is 4.78. The fraction of sp³-hybridized carbons (Fsp3) is 0.214. The van der Waals surface area contributed by atoms with Gasteiger partial charge in [0.2, 0.25) is 0 Å². The number of hydrogen-bond acceptors (Lipinski definition) is 4. The highest BCUT2D eigenvalue weighted by molar-refractivity contribution is 6.35. The molecule has 1 aromatic carbocycles. The summed E-state index contributed by atoms with van der Waals surface area (Å²) >= 11 is 11.9. The summed E-state index contributed by atoms with van der Waals surface area (Å²) in [5, 5.41) is 6.77. The number of nitrogens with one attached hydrogen (secondary N) is 2. The molecule has 5 nitrogen and oxygen atoms in total. The molecule has 1 saturated carbocycles. The van der Waals surface area contributed by atoms with Crippen molar-refractivity contribution in [2.24, 2.45) is 0 Å². The van der Waals surface area contributed by atoms with E-state index in [1.165, 1.54) is 6.20 Å². The van der Waals surface area contributed by atoms with Crippen LogP contribution in [0, 0.1) is 0 Å². The van der Waals surface area contributed by atoms with Crippen LogP contribution in [-0.4, -0.2) is 21.9 Å². The second kappa shape index (κ2) is 5.87. The number of hydrogen-bond donors (Lipinski definition) is 2. The van der Waals surface area contributed by atoms with Crippen LogP contribution >= 0.6 is 23.2 Å². The zero-order chi connectivity index (χ0) is 14.8. The Balaban J connectivity index is 1.70. The molecule has 0 radical (unpaired) electrons. The summed E-state index contributed by atoms with van der Waals surface area (Å²) in [4.78, 5) is 20.4. The first-order chi connectivity index (χ1) is 10.1. The number of rotatable bonds is 4. The quantitative estimate of drug-likeness (QED) is 0.902. The van der Waals surface area contributed by atoms with E-state index in [4.69, 9.17) is 23.2 Å². The standard InChI is InChI=1S/C14H12Cl2N4O/c15-8-1-4-10(16)11(5-8)20-14(21)12-6-18-13(7-17-12)19-9-2-3-9/h1,4-7,9H,2-3H2,(H,18,19)(H,20,21). The van der Waals surface area contributed by atoms with Crippen molar-refractivity contribution in [3.05, 3.63) is 46.3 Å². The van der Waals surface area contributed by atoms with Crippen LogP contribution in [0.2, 0.25) is 10.0 Å². The molecular formula is C14H12Cl2N4O. The Kier molecular flexibility index (Phi) is 3.94. The summed E-state index contributed by atoms with van der Waals surface area (Å²) in [5.74, 6) is 0.291. The molecule has 1 aromatic heterocycles. The number of nitrogens with zero attached hydrogens (tertiary/aromatic N) is 2. The molecule has 108 valence electrons. The molecule has 0 spiro atoms. The van der Waals surface area contributed by atoms with Crippen molar-refractivity contribution in [3.8, 4) is 0 Å². The third kappa shape index (κ3) is 3.62. The first-order valence-corrected chi connectivity index (χ1v) is 7.22. The lowest BCUT2D eigenvalue weighted by atomic mass is 10.3. The van der Waals surface area contributed by atoms with E-state index in [1.807, 2.05) is 0 Å². The van der Waals surface area contributed by atoms with Gasteiger partial charge in [-0.15, -0.1) is 0 Å². The van der Waals surface area contributed by atoms with Crippen molar-refractivity contribution >= 4 is 40.6 Å². The topological polar surface area (TPSA) is 66.9 Å². The molecule has 0 bridgehead atoms. The maximum absolute atomic E-state index is 12.1. The Morgan fingerprint density at radius 3 is 2.67 bits per heavy atom. The molecule has 2 N–H and O–H groups in total. The average Bonchev–Trinajstić information content (AvgIpc) is 3.27. The average molecular weight is 323 g/mol. The maximum atomic E-state index is 12.1. The lowest BCUT2D eigenvalue weighted by molar-refractivity contribution is 0.102. The third-order valence-electron chi connectivity index (χ3n) is 2.99. The molecule has 1 aliphatic carbocycles. The normalized spacial score (nSPS) is 13.8. The summed E-state index contributed by atoms with van der Waals surface area (Å²) in [6.45, 7) is 0. The summed E-state index contributed by atoms with van der Waals surface area (Å²) in [7, 11) is 0. The zero-order valence-electron chi connectivity index (χ0n) is 10.9. The van der Waals surface area contributed by atoms with Gasteiger partial charge in [0.15, 0.2) is 0 Å². The Morgan fingerprint density at radius 2 is 2.00 bits per heavy atom. The highest BCUT2D eigenvalue weighted by atomic mass is 35.5. The Labute approximate surface area is 131 Å². The minimum atomic E-state index is -0.385. The van der Waals surface area contributed by atoms with E-state index in [0.29, 0.717) is 27.6 Å². The van der Waals surface area contributed by atoms with Crippen LogP contribution in [0.25, 0.3) is 0 Å². The van der Waals surface area contributed by atoms with Crippen LogP contribution in [-0.2, 0) is 0 Å². The van der Waals surface area contributed by atoms with Gasteiger partial charge in [-0.2, -0.15) is 0 Å². The van der Waals surface area contributed by atoms with Gasteiger partial charge in [0.1, 0.15) is 11.5 Å². The summed E-state index contributed by atoms with van der Waals surface area (Å²) in [6.07, 6.45) is 5.28. The summed E-state index contributed by atoms with van der Waals surface area (Å²) in [5.41, 5.74) is 0.656. The van der Waals surface area contributed by atoms with Crippen LogP contribution in [0.5, 0.6) is 0 Å². The Hall–Kier alpha value is -1.85. The summed E-state index contributed by atoms with van der Waals surface area (Å²) < 4.78 is 0. The fourth-order valence-corrected chi connectivity index (χ4v) is 2.07. The van der Waals surface area contributed by atoms with Gasteiger partial charge in [0.05, 0.1) is 23.1 Å². The van der Waals surface area contributed by atoms with Crippen molar-refractivity contribution in [1.29, 1.82) is 0 Å².